The number of amides is 1. The number of nitriles is 1. The van der Waals surface area contributed by atoms with Gasteiger partial charge in [0.1, 0.15) is 5.75 Å². The molecule has 0 aliphatic rings. The monoisotopic (exact) mass is 503 g/mol. The number of ether oxygens (including phenoxy) is 1. The Kier molecular flexibility index (Phi) is 10.1. The molecule has 2 atom stereocenters. The number of carbonyl (C=O) groups is 1. The predicted molar refractivity (Wildman–Crippen MR) is 131 cm³/mol. The summed E-state index contributed by atoms with van der Waals surface area (Å²) in [6, 6.07) is 16.2. The van der Waals surface area contributed by atoms with E-state index in [4.69, 9.17) is 10.00 Å². The van der Waals surface area contributed by atoms with E-state index in [0.29, 0.717) is 12.2 Å². The van der Waals surface area contributed by atoms with Crippen molar-refractivity contribution in [3.63, 3.8) is 0 Å². The van der Waals surface area contributed by atoms with Crippen LogP contribution in [0.25, 0.3) is 0 Å². The summed E-state index contributed by atoms with van der Waals surface area (Å²) < 4.78 is 33.6. The van der Waals surface area contributed by atoms with Crippen LogP contribution in [0.2, 0.25) is 0 Å². The van der Waals surface area contributed by atoms with Crippen molar-refractivity contribution >= 4 is 16.1 Å². The van der Waals surface area contributed by atoms with Crippen LogP contribution in [-0.2, 0) is 16.4 Å². The average molecular weight is 504 g/mol. The van der Waals surface area contributed by atoms with E-state index in [0.717, 1.165) is 9.87 Å². The molecule has 2 aromatic carbocycles. The Labute approximate surface area is 207 Å². The number of hydrogen-bond donors (Lipinski definition) is 3. The Balaban J connectivity index is 2.40. The number of hydrogen-bond acceptors (Lipinski definition) is 6. The third kappa shape index (κ3) is 8.55. The standard InChI is InChI=1S/C25H33N3O6S/c1-25(2,13-8-14-26)18-28(35(32,33)21-12-7-11-20(16-21)34-3)17-23(29)22(27-24(30)31)15-19-9-5-4-6-10-19/h4-7,9-12,16,22-23,27,29H,8,13,15,17-18H2,1-3H3,(H,30,31)/t22-,23-/m0/s1. The van der Waals surface area contributed by atoms with Gasteiger partial charge in [0.15, 0.2) is 0 Å². The molecule has 9 nitrogen and oxygen atoms in total. The first-order valence-corrected chi connectivity index (χ1v) is 12.6. The van der Waals surface area contributed by atoms with E-state index in [1.807, 2.05) is 19.9 Å². The van der Waals surface area contributed by atoms with Crippen LogP contribution in [0.15, 0.2) is 59.5 Å². The molecular formula is C25H33N3O6S. The lowest BCUT2D eigenvalue weighted by molar-refractivity contribution is 0.0908. The first-order chi connectivity index (χ1) is 16.5. The molecule has 1 amide bonds. The summed E-state index contributed by atoms with van der Waals surface area (Å²) in [6.07, 6.45) is -1.77. The predicted octanol–water partition coefficient (Wildman–Crippen LogP) is 3.26. The number of aliphatic hydroxyl groups excluding tert-OH is 1. The molecule has 0 saturated carbocycles. The van der Waals surface area contributed by atoms with Crippen LogP contribution in [-0.4, -0.2) is 61.4 Å². The Morgan fingerprint density at radius 3 is 2.49 bits per heavy atom. The van der Waals surface area contributed by atoms with Gasteiger partial charge in [0.05, 0.1) is 30.2 Å². The Morgan fingerprint density at radius 2 is 1.89 bits per heavy atom. The maximum atomic E-state index is 13.6. The number of methoxy groups -OCH3 is 1. The van der Waals surface area contributed by atoms with Crippen LogP contribution in [0.3, 0.4) is 0 Å². The van der Waals surface area contributed by atoms with E-state index in [9.17, 15) is 23.4 Å². The summed E-state index contributed by atoms with van der Waals surface area (Å²) in [5.41, 5.74) is 0.221. The highest BCUT2D eigenvalue weighted by molar-refractivity contribution is 7.89. The SMILES string of the molecule is COc1cccc(S(=O)(=O)N(C[C@H](O)[C@H](Cc2ccccc2)NC(=O)O)CC(C)(C)CCC#N)c1. The molecule has 3 N–H and O–H groups in total. The summed E-state index contributed by atoms with van der Waals surface area (Å²) >= 11 is 0. The molecule has 0 aliphatic heterocycles. The number of sulfonamides is 1. The lowest BCUT2D eigenvalue weighted by Gasteiger charge is -2.34. The molecule has 0 spiro atoms. The van der Waals surface area contributed by atoms with E-state index < -0.39 is 33.7 Å². The number of aliphatic hydroxyl groups is 1. The molecule has 0 fully saturated rings. The molecule has 190 valence electrons. The van der Waals surface area contributed by atoms with Gasteiger partial charge >= 0.3 is 6.09 Å². The van der Waals surface area contributed by atoms with Crippen LogP contribution in [0.4, 0.5) is 4.79 Å². The smallest absolute Gasteiger partial charge is 0.404 e. The fourth-order valence-corrected chi connectivity index (χ4v) is 5.44. The summed E-state index contributed by atoms with van der Waals surface area (Å²) in [5, 5.41) is 31.7. The second-order valence-corrected chi connectivity index (χ2v) is 11.0. The topological polar surface area (TPSA) is 140 Å². The molecule has 10 heteroatoms. The Hall–Kier alpha value is -3.13. The number of carboxylic acid groups (broad SMARTS) is 1. The Bertz CT molecular complexity index is 1120. The van der Waals surface area contributed by atoms with Crippen molar-refractivity contribution in [1.82, 2.24) is 9.62 Å². The third-order valence-electron chi connectivity index (χ3n) is 5.66. The lowest BCUT2D eigenvalue weighted by atomic mass is 9.88. The summed E-state index contributed by atoms with van der Waals surface area (Å²) in [4.78, 5) is 11.4. The van der Waals surface area contributed by atoms with Crippen molar-refractivity contribution in [2.24, 2.45) is 5.41 Å². The molecule has 0 aliphatic carbocycles. The van der Waals surface area contributed by atoms with Gasteiger partial charge in [-0.25, -0.2) is 13.2 Å². The molecule has 0 heterocycles. The summed E-state index contributed by atoms with van der Waals surface area (Å²) in [7, 11) is -2.65. The molecule has 0 bridgehead atoms. The zero-order valence-electron chi connectivity index (χ0n) is 20.2. The van der Waals surface area contributed by atoms with Crippen LogP contribution >= 0.6 is 0 Å². The zero-order valence-corrected chi connectivity index (χ0v) is 21.0. The van der Waals surface area contributed by atoms with Crippen molar-refractivity contribution in [2.45, 2.75) is 50.2 Å². The van der Waals surface area contributed by atoms with Crippen LogP contribution in [0.1, 0.15) is 32.3 Å². The molecule has 0 radical (unpaired) electrons. The highest BCUT2D eigenvalue weighted by Crippen LogP contribution is 2.29. The van der Waals surface area contributed by atoms with E-state index in [2.05, 4.69) is 11.4 Å². The van der Waals surface area contributed by atoms with Gasteiger partial charge in [-0.1, -0.05) is 50.2 Å². The molecule has 35 heavy (non-hydrogen) atoms. The minimum atomic E-state index is -4.09. The van der Waals surface area contributed by atoms with Crippen LogP contribution in [0, 0.1) is 16.7 Å². The lowest BCUT2D eigenvalue weighted by Crippen LogP contribution is -2.51. The van der Waals surface area contributed by atoms with Crippen molar-refractivity contribution in [1.29, 1.82) is 5.26 Å². The molecule has 0 saturated heterocycles. The fourth-order valence-electron chi connectivity index (χ4n) is 3.75. The molecule has 0 aromatic heterocycles. The minimum absolute atomic E-state index is 0.00839. The zero-order chi connectivity index (χ0) is 26.1. The average Bonchev–Trinajstić information content (AvgIpc) is 2.82. The first-order valence-electron chi connectivity index (χ1n) is 11.2. The highest BCUT2D eigenvalue weighted by atomic mass is 32.2. The van der Waals surface area contributed by atoms with Gasteiger partial charge in [-0.2, -0.15) is 9.57 Å². The van der Waals surface area contributed by atoms with Gasteiger partial charge in [0.25, 0.3) is 0 Å². The highest BCUT2D eigenvalue weighted by Gasteiger charge is 2.34. The van der Waals surface area contributed by atoms with Gasteiger partial charge in [0.2, 0.25) is 10.0 Å². The maximum Gasteiger partial charge on any atom is 0.404 e. The van der Waals surface area contributed by atoms with Gasteiger partial charge in [-0.3, -0.25) is 0 Å². The van der Waals surface area contributed by atoms with E-state index in [1.165, 1.54) is 19.2 Å². The van der Waals surface area contributed by atoms with Crippen molar-refractivity contribution in [3.8, 4) is 11.8 Å². The Morgan fingerprint density at radius 1 is 1.20 bits per heavy atom. The van der Waals surface area contributed by atoms with Crippen molar-refractivity contribution in [2.75, 3.05) is 20.2 Å². The van der Waals surface area contributed by atoms with Gasteiger partial charge < -0.3 is 20.3 Å². The number of nitrogens with zero attached hydrogens (tertiary/aromatic N) is 2. The van der Waals surface area contributed by atoms with Crippen LogP contribution < -0.4 is 10.1 Å². The molecule has 2 rings (SSSR count). The summed E-state index contributed by atoms with van der Waals surface area (Å²) in [6.45, 7) is 3.38. The quantitative estimate of drug-likeness (QED) is 0.381. The molecular weight excluding hydrogens is 470 g/mol. The van der Waals surface area contributed by atoms with E-state index in [-0.39, 0.29) is 30.8 Å². The van der Waals surface area contributed by atoms with E-state index >= 15 is 0 Å². The normalized spacial score (nSPS) is 13.6. The second kappa shape index (κ2) is 12.5. The first kappa shape index (κ1) is 28.1. The fraction of sp³-hybridized carbons (Fsp3) is 0.440. The number of benzene rings is 2. The van der Waals surface area contributed by atoms with Crippen LogP contribution in [0.5, 0.6) is 5.75 Å². The van der Waals surface area contributed by atoms with Crippen molar-refractivity contribution in [3.05, 3.63) is 60.2 Å². The minimum Gasteiger partial charge on any atom is -0.497 e. The largest absolute Gasteiger partial charge is 0.497 e. The summed E-state index contributed by atoms with van der Waals surface area (Å²) in [5.74, 6) is 0.366. The van der Waals surface area contributed by atoms with Gasteiger partial charge in [0, 0.05) is 25.6 Å². The number of rotatable bonds is 13. The maximum absolute atomic E-state index is 13.6. The van der Waals surface area contributed by atoms with Gasteiger partial charge in [-0.15, -0.1) is 0 Å². The number of nitrogens with one attached hydrogen (secondary N) is 1. The van der Waals surface area contributed by atoms with E-state index in [1.54, 1.807) is 36.4 Å². The van der Waals surface area contributed by atoms with Crippen molar-refractivity contribution < 1.29 is 28.2 Å². The molecule has 0 unspecified atom stereocenters. The second-order valence-electron chi connectivity index (χ2n) is 9.11. The van der Waals surface area contributed by atoms with Gasteiger partial charge in [-0.05, 0) is 36.0 Å². The third-order valence-corrected chi connectivity index (χ3v) is 7.47. The molecule has 2 aromatic rings.